The molecule has 5 aliphatic rings. The van der Waals surface area contributed by atoms with Crippen molar-refractivity contribution in [2.45, 2.75) is 99.0 Å². The second kappa shape index (κ2) is 7.65. The van der Waals surface area contributed by atoms with Crippen molar-refractivity contribution in [3.05, 3.63) is 23.3 Å². The molecular formula is C31H42N2O3. The fraction of sp³-hybridized carbons (Fsp3) is 0.742. The summed E-state index contributed by atoms with van der Waals surface area (Å²) in [7, 11) is 0. The predicted octanol–water partition coefficient (Wildman–Crippen LogP) is 5.70. The Bertz CT molecular complexity index is 1150. The number of hydrogen-bond donors (Lipinski definition) is 1. The molecule has 3 fully saturated rings. The molecule has 0 bridgehead atoms. The topological polar surface area (TPSA) is 87.0 Å². The number of rotatable bonds is 1. The average Bonchev–Trinajstić information content (AvgIpc) is 2.77. The van der Waals surface area contributed by atoms with Gasteiger partial charge in [-0.1, -0.05) is 53.2 Å². The van der Waals surface area contributed by atoms with Gasteiger partial charge < -0.3 is 5.32 Å². The van der Waals surface area contributed by atoms with Crippen molar-refractivity contribution < 1.29 is 14.4 Å². The minimum Gasteiger partial charge on any atom is -0.351 e. The van der Waals surface area contributed by atoms with Gasteiger partial charge in [0.05, 0.1) is 5.57 Å². The number of nitriles is 1. The smallest absolute Gasteiger partial charge is 0.217 e. The first kappa shape index (κ1) is 25.4. The summed E-state index contributed by atoms with van der Waals surface area (Å²) in [6.07, 6.45) is 10.4. The number of carbonyl (C=O) groups is 3. The summed E-state index contributed by atoms with van der Waals surface area (Å²) >= 11 is 0. The molecule has 1 N–H and O–H groups in total. The molecule has 5 aliphatic carbocycles. The second-order valence-electron chi connectivity index (χ2n) is 14.5. The van der Waals surface area contributed by atoms with Gasteiger partial charge in [-0.3, -0.25) is 14.4 Å². The first-order chi connectivity index (χ1) is 16.6. The highest BCUT2D eigenvalue weighted by Crippen LogP contribution is 2.69. The van der Waals surface area contributed by atoms with E-state index in [0.717, 1.165) is 50.5 Å². The molecule has 7 unspecified atom stereocenters. The van der Waals surface area contributed by atoms with Crippen molar-refractivity contribution in [3.8, 4) is 6.07 Å². The van der Waals surface area contributed by atoms with Gasteiger partial charge in [-0.25, -0.2) is 0 Å². The van der Waals surface area contributed by atoms with Crippen molar-refractivity contribution in [3.63, 3.8) is 0 Å². The lowest BCUT2D eigenvalue weighted by molar-refractivity contribution is -0.145. The summed E-state index contributed by atoms with van der Waals surface area (Å²) in [6, 6.07) is 2.17. The third-order valence-corrected chi connectivity index (χ3v) is 11.5. The summed E-state index contributed by atoms with van der Waals surface area (Å²) < 4.78 is 0. The van der Waals surface area contributed by atoms with Gasteiger partial charge in [-0.15, -0.1) is 0 Å². The van der Waals surface area contributed by atoms with Crippen LogP contribution in [0.4, 0.5) is 0 Å². The van der Waals surface area contributed by atoms with E-state index in [9.17, 15) is 19.6 Å². The summed E-state index contributed by atoms with van der Waals surface area (Å²) in [6.45, 7) is 14.7. The van der Waals surface area contributed by atoms with Crippen molar-refractivity contribution in [1.29, 1.82) is 5.26 Å². The molecule has 1 amide bonds. The quantitative estimate of drug-likeness (QED) is 0.510. The number of nitrogens with zero attached hydrogens (tertiary/aromatic N) is 1. The Morgan fingerprint density at radius 1 is 1.00 bits per heavy atom. The van der Waals surface area contributed by atoms with Crippen molar-refractivity contribution in [1.82, 2.24) is 5.32 Å². The number of fused-ring (bicyclic) bond motifs is 7. The normalized spacial score (nSPS) is 44.5. The second-order valence-corrected chi connectivity index (χ2v) is 14.5. The zero-order chi connectivity index (χ0) is 26.5. The number of ketones is 2. The van der Waals surface area contributed by atoms with Gasteiger partial charge >= 0.3 is 0 Å². The molecule has 5 heteroatoms. The Hall–Kier alpha value is -2.22. The van der Waals surface area contributed by atoms with Crippen molar-refractivity contribution in [2.24, 2.45) is 45.3 Å². The Balaban J connectivity index is 1.64. The molecule has 5 nitrogen and oxygen atoms in total. The van der Waals surface area contributed by atoms with Crippen molar-refractivity contribution in [2.75, 3.05) is 0 Å². The van der Waals surface area contributed by atoms with Gasteiger partial charge in [-0.2, -0.15) is 5.26 Å². The molecule has 0 radical (unpaired) electrons. The van der Waals surface area contributed by atoms with Crippen LogP contribution in [0.15, 0.2) is 23.3 Å². The number of hydrogen-bond acceptors (Lipinski definition) is 4. The number of carbonyl (C=O) groups excluding carboxylic acids is 3. The fourth-order valence-electron chi connectivity index (χ4n) is 9.84. The van der Waals surface area contributed by atoms with Gasteiger partial charge in [0.25, 0.3) is 0 Å². The Morgan fingerprint density at radius 3 is 2.33 bits per heavy atom. The first-order valence-corrected chi connectivity index (χ1v) is 13.8. The summed E-state index contributed by atoms with van der Waals surface area (Å²) in [5, 5.41) is 13.2. The molecule has 3 saturated carbocycles. The van der Waals surface area contributed by atoms with Crippen LogP contribution in [-0.2, 0) is 14.4 Å². The van der Waals surface area contributed by atoms with Crippen LogP contribution in [0.3, 0.4) is 0 Å². The van der Waals surface area contributed by atoms with E-state index in [4.69, 9.17) is 0 Å². The van der Waals surface area contributed by atoms with E-state index in [1.165, 1.54) is 0 Å². The SMILES string of the molecule is CC(=O)NC12CCC3C(C(=O)C=C4C5(C)C=C(C#N)C(=O)C(C)(C)C5CCC43C)C1CC(C)(C)CC2. The van der Waals surface area contributed by atoms with Gasteiger partial charge in [0.2, 0.25) is 5.91 Å². The molecule has 0 spiro atoms. The highest BCUT2D eigenvalue weighted by Gasteiger charge is 2.65. The van der Waals surface area contributed by atoms with E-state index >= 15 is 0 Å². The van der Waals surface area contributed by atoms with Crippen LogP contribution in [-0.4, -0.2) is 23.0 Å². The highest BCUT2D eigenvalue weighted by atomic mass is 16.1. The van der Waals surface area contributed by atoms with E-state index in [0.29, 0.717) is 0 Å². The first-order valence-electron chi connectivity index (χ1n) is 13.8. The lowest BCUT2D eigenvalue weighted by atomic mass is 9.39. The third kappa shape index (κ3) is 3.28. The average molecular weight is 491 g/mol. The largest absolute Gasteiger partial charge is 0.351 e. The lowest BCUT2D eigenvalue weighted by Crippen LogP contribution is -2.66. The maximum Gasteiger partial charge on any atom is 0.217 e. The number of Topliss-reactive ketones (excluding diaryl/α,β-unsaturated/α-hetero) is 1. The molecule has 0 saturated heterocycles. The molecule has 7 atom stereocenters. The molecule has 0 aromatic carbocycles. The molecule has 5 rings (SSSR count). The minimum atomic E-state index is -0.642. The van der Waals surface area contributed by atoms with Gasteiger partial charge in [0.15, 0.2) is 11.6 Å². The highest BCUT2D eigenvalue weighted by molar-refractivity contribution is 6.04. The molecule has 0 aliphatic heterocycles. The monoisotopic (exact) mass is 490 g/mol. The third-order valence-electron chi connectivity index (χ3n) is 11.5. The van der Waals surface area contributed by atoms with E-state index in [-0.39, 0.29) is 63.1 Å². The Morgan fingerprint density at radius 2 is 1.69 bits per heavy atom. The molecule has 194 valence electrons. The van der Waals surface area contributed by atoms with E-state index in [1.54, 1.807) is 6.92 Å². The zero-order valence-electron chi connectivity index (χ0n) is 23.1. The minimum absolute atomic E-state index is 0.000140. The predicted molar refractivity (Wildman–Crippen MR) is 138 cm³/mol. The Kier molecular flexibility index (Phi) is 5.40. The van der Waals surface area contributed by atoms with Gasteiger partial charge in [0.1, 0.15) is 6.07 Å². The fourth-order valence-corrected chi connectivity index (χ4v) is 9.84. The van der Waals surface area contributed by atoms with Crippen LogP contribution in [0.1, 0.15) is 93.4 Å². The summed E-state index contributed by atoms with van der Waals surface area (Å²) in [5.74, 6) is 0.423. The molecule has 36 heavy (non-hydrogen) atoms. The van der Waals surface area contributed by atoms with Crippen LogP contribution in [0.2, 0.25) is 0 Å². The maximum atomic E-state index is 14.2. The van der Waals surface area contributed by atoms with Crippen LogP contribution < -0.4 is 5.32 Å². The van der Waals surface area contributed by atoms with E-state index in [1.807, 2.05) is 26.0 Å². The summed E-state index contributed by atoms with van der Waals surface area (Å²) in [4.78, 5) is 39.6. The lowest BCUT2D eigenvalue weighted by Gasteiger charge is -2.65. The molecule has 0 aromatic heterocycles. The number of allylic oxidation sites excluding steroid dienone is 4. The molecule has 0 aromatic rings. The Labute approximate surface area is 216 Å². The van der Waals surface area contributed by atoms with Crippen LogP contribution in [0.25, 0.3) is 0 Å². The van der Waals surface area contributed by atoms with E-state index < -0.39 is 10.8 Å². The van der Waals surface area contributed by atoms with Crippen LogP contribution in [0.5, 0.6) is 0 Å². The number of nitrogens with one attached hydrogen (secondary N) is 1. The molecular weight excluding hydrogens is 448 g/mol. The van der Waals surface area contributed by atoms with Crippen LogP contribution in [0, 0.1) is 56.7 Å². The van der Waals surface area contributed by atoms with Gasteiger partial charge in [0, 0.05) is 29.2 Å². The van der Waals surface area contributed by atoms with Gasteiger partial charge in [-0.05, 0) is 79.6 Å². The van der Waals surface area contributed by atoms with E-state index in [2.05, 4.69) is 39.1 Å². The zero-order valence-corrected chi connectivity index (χ0v) is 23.1. The number of amides is 1. The summed E-state index contributed by atoms with van der Waals surface area (Å²) in [5.41, 5.74) is -0.0869. The molecule has 0 heterocycles. The van der Waals surface area contributed by atoms with Crippen molar-refractivity contribution >= 4 is 17.5 Å². The standard InChI is InChI=1S/C31H42N2O3/c1-18(34)33-31-11-8-20-25(21(31)16-27(2,3)12-13-31)22(35)14-24-29(20,6)10-9-23-28(4,5)26(36)19(17-32)15-30(23,24)7/h14-15,20-21,23,25H,8-13,16H2,1-7H3,(H,33,34). The maximum absolute atomic E-state index is 14.2. The van der Waals surface area contributed by atoms with Crippen LogP contribution >= 0.6 is 0 Å².